The van der Waals surface area contributed by atoms with Gasteiger partial charge in [-0.2, -0.15) is 5.26 Å². The second kappa shape index (κ2) is 10.1. The molecule has 1 rings (SSSR count). The predicted molar refractivity (Wildman–Crippen MR) is 73.6 cm³/mol. The van der Waals surface area contributed by atoms with E-state index in [9.17, 15) is 4.79 Å². The third kappa shape index (κ3) is 6.43. The number of carbonyl (C=O) groups excluding carboxylic acids is 1. The average molecular weight is 277 g/mol. The van der Waals surface area contributed by atoms with Gasteiger partial charge in [0.15, 0.2) is 5.78 Å². The fourth-order valence-electron chi connectivity index (χ4n) is 1.50. The van der Waals surface area contributed by atoms with Gasteiger partial charge in [0.1, 0.15) is 6.61 Å². The highest BCUT2D eigenvalue weighted by Gasteiger charge is 2.05. The van der Waals surface area contributed by atoms with Gasteiger partial charge in [0.25, 0.3) is 0 Å². The molecule has 0 amide bonds. The molecule has 20 heavy (non-hydrogen) atoms. The first-order chi connectivity index (χ1) is 9.77. The van der Waals surface area contributed by atoms with Crippen LogP contribution in [0.4, 0.5) is 0 Å². The Hall–Kier alpha value is -1.74. The van der Waals surface area contributed by atoms with Crippen LogP contribution in [-0.4, -0.2) is 45.9 Å². The zero-order valence-corrected chi connectivity index (χ0v) is 11.6. The molecule has 108 valence electrons. The zero-order valence-electron chi connectivity index (χ0n) is 11.6. The standard InChI is InChI=1S/C15H19NO4/c1-18-7-2-8-19-9-10-20-12-15(17)14-5-3-13(11-16)4-6-14/h3-6H,2,7-10,12H2,1H3. The minimum absolute atomic E-state index is 0.0212. The van der Waals surface area contributed by atoms with Crippen molar-refractivity contribution in [3.8, 4) is 6.07 Å². The number of hydrogen-bond donors (Lipinski definition) is 0. The summed E-state index contributed by atoms with van der Waals surface area (Å²) < 4.78 is 15.4. The first kappa shape index (κ1) is 16.3. The fraction of sp³-hybridized carbons (Fsp3) is 0.467. The van der Waals surface area contributed by atoms with Crippen molar-refractivity contribution in [2.24, 2.45) is 0 Å². The molecule has 1 aromatic rings. The van der Waals surface area contributed by atoms with Crippen molar-refractivity contribution in [1.82, 2.24) is 0 Å². The van der Waals surface area contributed by atoms with E-state index in [2.05, 4.69) is 0 Å². The molecule has 5 nitrogen and oxygen atoms in total. The van der Waals surface area contributed by atoms with E-state index in [1.165, 1.54) is 0 Å². The van der Waals surface area contributed by atoms with Crippen LogP contribution < -0.4 is 0 Å². The summed E-state index contributed by atoms with van der Waals surface area (Å²) in [6.45, 7) is 2.17. The highest BCUT2D eigenvalue weighted by Crippen LogP contribution is 2.04. The Bertz CT molecular complexity index is 436. The molecule has 0 fully saturated rings. The summed E-state index contributed by atoms with van der Waals surface area (Å²) in [7, 11) is 1.65. The van der Waals surface area contributed by atoms with Gasteiger partial charge in [-0.3, -0.25) is 4.79 Å². The van der Waals surface area contributed by atoms with Crippen molar-refractivity contribution < 1.29 is 19.0 Å². The molecule has 0 saturated carbocycles. The van der Waals surface area contributed by atoms with Crippen LogP contribution in [-0.2, 0) is 14.2 Å². The molecular weight excluding hydrogens is 258 g/mol. The number of nitriles is 1. The minimum Gasteiger partial charge on any atom is -0.385 e. The number of ether oxygens (including phenoxy) is 3. The third-order valence-corrected chi connectivity index (χ3v) is 2.58. The van der Waals surface area contributed by atoms with Crippen molar-refractivity contribution >= 4 is 5.78 Å². The van der Waals surface area contributed by atoms with Gasteiger partial charge in [-0.05, 0) is 18.6 Å². The zero-order chi connectivity index (χ0) is 14.6. The number of Topliss-reactive ketones (excluding diaryl/α,β-unsaturated/α-hetero) is 1. The van der Waals surface area contributed by atoms with Gasteiger partial charge in [-0.1, -0.05) is 12.1 Å². The minimum atomic E-state index is -0.103. The Labute approximate surface area is 119 Å². The van der Waals surface area contributed by atoms with Crippen molar-refractivity contribution in [2.45, 2.75) is 6.42 Å². The molecule has 0 aliphatic rings. The summed E-state index contributed by atoms with van der Waals surface area (Å²) in [5.74, 6) is -0.103. The largest absolute Gasteiger partial charge is 0.385 e. The SMILES string of the molecule is COCCCOCCOCC(=O)c1ccc(C#N)cc1. The van der Waals surface area contributed by atoms with Gasteiger partial charge >= 0.3 is 0 Å². The lowest BCUT2D eigenvalue weighted by molar-refractivity contribution is 0.0382. The third-order valence-electron chi connectivity index (χ3n) is 2.58. The second-order valence-electron chi connectivity index (χ2n) is 4.12. The number of methoxy groups -OCH3 is 1. The van der Waals surface area contributed by atoms with Gasteiger partial charge in [-0.15, -0.1) is 0 Å². The van der Waals surface area contributed by atoms with E-state index in [1.807, 2.05) is 6.07 Å². The maximum absolute atomic E-state index is 11.8. The van der Waals surface area contributed by atoms with E-state index in [4.69, 9.17) is 19.5 Å². The molecule has 5 heteroatoms. The molecule has 0 saturated heterocycles. The van der Waals surface area contributed by atoms with Gasteiger partial charge in [0.05, 0.1) is 24.8 Å². The normalized spacial score (nSPS) is 10.2. The average Bonchev–Trinajstić information content (AvgIpc) is 2.50. The number of ketones is 1. The van der Waals surface area contributed by atoms with E-state index in [0.29, 0.717) is 37.6 Å². The molecule has 0 bridgehead atoms. The summed E-state index contributed by atoms with van der Waals surface area (Å²) in [6, 6.07) is 8.50. The lowest BCUT2D eigenvalue weighted by atomic mass is 10.1. The fourth-order valence-corrected chi connectivity index (χ4v) is 1.50. The molecule has 0 N–H and O–H groups in total. The van der Waals surface area contributed by atoms with Crippen LogP contribution in [0.1, 0.15) is 22.3 Å². The quantitative estimate of drug-likeness (QED) is 0.482. The van der Waals surface area contributed by atoms with Gasteiger partial charge in [0, 0.05) is 25.9 Å². The summed E-state index contributed by atoms with van der Waals surface area (Å²) in [5, 5.41) is 8.66. The molecule has 0 unspecified atom stereocenters. The van der Waals surface area contributed by atoms with Crippen LogP contribution in [0.5, 0.6) is 0 Å². The molecule has 0 aliphatic carbocycles. The second-order valence-corrected chi connectivity index (χ2v) is 4.12. The molecule has 0 spiro atoms. The van der Waals surface area contributed by atoms with Crippen LogP contribution in [0.15, 0.2) is 24.3 Å². The summed E-state index contributed by atoms with van der Waals surface area (Å²) in [5.41, 5.74) is 1.08. The van der Waals surface area contributed by atoms with E-state index in [-0.39, 0.29) is 12.4 Å². The van der Waals surface area contributed by atoms with E-state index in [1.54, 1.807) is 31.4 Å². The maximum Gasteiger partial charge on any atom is 0.188 e. The Morgan fingerprint density at radius 1 is 1.10 bits per heavy atom. The van der Waals surface area contributed by atoms with Crippen LogP contribution in [0.2, 0.25) is 0 Å². The Balaban J connectivity index is 2.12. The van der Waals surface area contributed by atoms with Crippen molar-refractivity contribution in [3.05, 3.63) is 35.4 Å². The summed E-state index contributed by atoms with van der Waals surface area (Å²) >= 11 is 0. The molecule has 0 atom stereocenters. The number of nitrogens with zero attached hydrogens (tertiary/aromatic N) is 1. The Kier molecular flexibility index (Phi) is 8.24. The monoisotopic (exact) mass is 277 g/mol. The van der Waals surface area contributed by atoms with E-state index >= 15 is 0 Å². The first-order valence-corrected chi connectivity index (χ1v) is 6.45. The van der Waals surface area contributed by atoms with Crippen LogP contribution in [0.25, 0.3) is 0 Å². The van der Waals surface area contributed by atoms with Crippen LogP contribution in [0, 0.1) is 11.3 Å². The van der Waals surface area contributed by atoms with Gasteiger partial charge < -0.3 is 14.2 Å². The number of benzene rings is 1. The summed E-state index contributed by atoms with van der Waals surface area (Å²) in [6.07, 6.45) is 0.848. The lowest BCUT2D eigenvalue weighted by Gasteiger charge is -2.05. The topological polar surface area (TPSA) is 68.6 Å². The maximum atomic E-state index is 11.8. The smallest absolute Gasteiger partial charge is 0.188 e. The van der Waals surface area contributed by atoms with E-state index in [0.717, 1.165) is 6.42 Å². The molecule has 0 aromatic heterocycles. The molecular formula is C15H19NO4. The highest BCUT2D eigenvalue weighted by molar-refractivity contribution is 5.97. The lowest BCUT2D eigenvalue weighted by Crippen LogP contribution is -2.13. The van der Waals surface area contributed by atoms with E-state index < -0.39 is 0 Å². The van der Waals surface area contributed by atoms with Crippen molar-refractivity contribution in [3.63, 3.8) is 0 Å². The molecule has 0 heterocycles. The Morgan fingerprint density at radius 3 is 2.45 bits per heavy atom. The molecule has 0 aliphatic heterocycles. The first-order valence-electron chi connectivity index (χ1n) is 6.45. The number of hydrogen-bond acceptors (Lipinski definition) is 5. The van der Waals surface area contributed by atoms with Gasteiger partial charge in [-0.25, -0.2) is 0 Å². The van der Waals surface area contributed by atoms with Gasteiger partial charge in [0.2, 0.25) is 0 Å². The number of rotatable bonds is 10. The highest BCUT2D eigenvalue weighted by atomic mass is 16.5. The predicted octanol–water partition coefficient (Wildman–Crippen LogP) is 1.81. The number of carbonyl (C=O) groups is 1. The van der Waals surface area contributed by atoms with Crippen molar-refractivity contribution in [1.29, 1.82) is 5.26 Å². The molecule has 0 radical (unpaired) electrons. The molecule has 1 aromatic carbocycles. The van der Waals surface area contributed by atoms with Crippen LogP contribution >= 0.6 is 0 Å². The van der Waals surface area contributed by atoms with Crippen LogP contribution in [0.3, 0.4) is 0 Å². The summed E-state index contributed by atoms with van der Waals surface area (Å²) in [4.78, 5) is 11.8. The Morgan fingerprint density at radius 2 is 1.80 bits per heavy atom. The van der Waals surface area contributed by atoms with Crippen molar-refractivity contribution in [2.75, 3.05) is 40.1 Å².